The molecule has 0 aliphatic rings. The summed E-state index contributed by atoms with van der Waals surface area (Å²) in [5.74, 6) is -0.214. The lowest BCUT2D eigenvalue weighted by atomic mass is 10.0. The second-order valence-corrected chi connectivity index (χ2v) is 7.00. The van der Waals surface area contributed by atoms with Crippen molar-refractivity contribution in [1.82, 2.24) is 4.98 Å². The second kappa shape index (κ2) is 9.57. The van der Waals surface area contributed by atoms with Gasteiger partial charge in [0.25, 0.3) is 11.8 Å². The van der Waals surface area contributed by atoms with Crippen molar-refractivity contribution in [3.05, 3.63) is 108 Å². The lowest BCUT2D eigenvalue weighted by molar-refractivity contribution is 0.101. The van der Waals surface area contributed by atoms with Gasteiger partial charge in [-0.1, -0.05) is 42.5 Å². The lowest BCUT2D eigenvalue weighted by Crippen LogP contribution is -2.15. The molecule has 0 fully saturated rings. The molecule has 158 valence electrons. The summed E-state index contributed by atoms with van der Waals surface area (Å²) in [6.07, 6.45) is 3.18. The Bertz CT molecular complexity index is 1220. The number of amides is 2. The Hall–Kier alpha value is -4.45. The minimum Gasteiger partial charge on any atom is -0.496 e. The Kier molecular flexibility index (Phi) is 6.22. The maximum Gasteiger partial charge on any atom is 0.259 e. The molecule has 0 aliphatic carbocycles. The fraction of sp³-hybridized carbons (Fsp3) is 0.0385. The number of anilines is 2. The van der Waals surface area contributed by atoms with E-state index in [1.807, 2.05) is 42.5 Å². The van der Waals surface area contributed by atoms with Crippen LogP contribution in [0.25, 0.3) is 11.1 Å². The van der Waals surface area contributed by atoms with Crippen LogP contribution in [0.3, 0.4) is 0 Å². The number of rotatable bonds is 6. The first-order valence-electron chi connectivity index (χ1n) is 10.0. The molecule has 4 aromatic rings. The molecular formula is C26H21N3O3. The number of aromatic nitrogens is 1. The normalized spacial score (nSPS) is 10.3. The van der Waals surface area contributed by atoms with Gasteiger partial charge in [-0.2, -0.15) is 0 Å². The Morgan fingerprint density at radius 2 is 1.38 bits per heavy atom. The predicted molar refractivity (Wildman–Crippen MR) is 125 cm³/mol. The van der Waals surface area contributed by atoms with Crippen molar-refractivity contribution in [1.29, 1.82) is 0 Å². The summed E-state index contributed by atoms with van der Waals surface area (Å²) < 4.78 is 5.32. The summed E-state index contributed by atoms with van der Waals surface area (Å²) in [6.45, 7) is 0. The Labute approximate surface area is 185 Å². The smallest absolute Gasteiger partial charge is 0.259 e. The van der Waals surface area contributed by atoms with Gasteiger partial charge in [0.15, 0.2) is 0 Å². The largest absolute Gasteiger partial charge is 0.496 e. The van der Waals surface area contributed by atoms with Crippen LogP contribution >= 0.6 is 0 Å². The fourth-order valence-corrected chi connectivity index (χ4v) is 3.24. The van der Waals surface area contributed by atoms with Gasteiger partial charge in [-0.25, -0.2) is 0 Å². The summed E-state index contributed by atoms with van der Waals surface area (Å²) in [4.78, 5) is 29.4. The first-order chi connectivity index (χ1) is 15.6. The van der Waals surface area contributed by atoms with E-state index in [4.69, 9.17) is 4.74 Å². The van der Waals surface area contributed by atoms with Crippen molar-refractivity contribution in [2.75, 3.05) is 17.7 Å². The Balaban J connectivity index is 1.51. The monoisotopic (exact) mass is 423 g/mol. The van der Waals surface area contributed by atoms with Gasteiger partial charge in [-0.15, -0.1) is 0 Å². The van der Waals surface area contributed by atoms with Crippen LogP contribution in [0.2, 0.25) is 0 Å². The van der Waals surface area contributed by atoms with Gasteiger partial charge in [0.1, 0.15) is 5.75 Å². The standard InChI is InChI=1S/C26H21N3O3/c1-32-24-12-11-22(17-23(24)26(31)28-21-13-15-27-16-14-21)29-25(30)20-9-7-19(8-10-20)18-5-3-2-4-6-18/h2-17H,1H3,(H,29,30)(H,27,28,31). The van der Waals surface area contributed by atoms with E-state index in [1.54, 1.807) is 54.9 Å². The number of pyridine rings is 1. The van der Waals surface area contributed by atoms with Gasteiger partial charge in [0, 0.05) is 29.3 Å². The van der Waals surface area contributed by atoms with E-state index < -0.39 is 0 Å². The third-order valence-electron chi connectivity index (χ3n) is 4.89. The van der Waals surface area contributed by atoms with E-state index >= 15 is 0 Å². The van der Waals surface area contributed by atoms with Crippen LogP contribution in [0.4, 0.5) is 11.4 Å². The molecule has 0 saturated heterocycles. The Morgan fingerprint density at radius 1 is 0.719 bits per heavy atom. The molecule has 0 spiro atoms. The van der Waals surface area contributed by atoms with Gasteiger partial charge in [0.2, 0.25) is 0 Å². The molecule has 0 atom stereocenters. The molecule has 0 aliphatic heterocycles. The van der Waals surface area contributed by atoms with Crippen LogP contribution in [0.5, 0.6) is 5.75 Å². The highest BCUT2D eigenvalue weighted by Gasteiger charge is 2.15. The molecule has 0 radical (unpaired) electrons. The van der Waals surface area contributed by atoms with Gasteiger partial charge < -0.3 is 15.4 Å². The third-order valence-corrected chi connectivity index (χ3v) is 4.89. The number of carbonyl (C=O) groups excluding carboxylic acids is 2. The molecule has 0 unspecified atom stereocenters. The molecular weight excluding hydrogens is 402 g/mol. The zero-order chi connectivity index (χ0) is 22.3. The van der Waals surface area contributed by atoms with Gasteiger partial charge in [-0.05, 0) is 53.6 Å². The number of carbonyl (C=O) groups is 2. The van der Waals surface area contributed by atoms with Gasteiger partial charge >= 0.3 is 0 Å². The SMILES string of the molecule is COc1ccc(NC(=O)c2ccc(-c3ccccc3)cc2)cc1C(=O)Nc1ccncc1. The van der Waals surface area contributed by atoms with Crippen LogP contribution in [0, 0.1) is 0 Å². The molecule has 1 heterocycles. The number of nitrogens with one attached hydrogen (secondary N) is 2. The summed E-state index contributed by atoms with van der Waals surface area (Å²) in [5.41, 5.74) is 4.04. The van der Waals surface area contributed by atoms with Crippen molar-refractivity contribution in [2.24, 2.45) is 0 Å². The fourth-order valence-electron chi connectivity index (χ4n) is 3.24. The molecule has 32 heavy (non-hydrogen) atoms. The van der Waals surface area contributed by atoms with E-state index in [0.29, 0.717) is 28.3 Å². The van der Waals surface area contributed by atoms with Crippen LogP contribution in [-0.2, 0) is 0 Å². The summed E-state index contributed by atoms with van der Waals surface area (Å²) in [7, 11) is 1.49. The molecule has 2 N–H and O–H groups in total. The third kappa shape index (κ3) is 4.82. The zero-order valence-corrected chi connectivity index (χ0v) is 17.4. The molecule has 3 aromatic carbocycles. The maximum absolute atomic E-state index is 12.7. The lowest BCUT2D eigenvalue weighted by Gasteiger charge is -2.12. The molecule has 0 bridgehead atoms. The molecule has 2 amide bonds. The van der Waals surface area contributed by atoms with E-state index in [9.17, 15) is 9.59 Å². The highest BCUT2D eigenvalue weighted by Crippen LogP contribution is 2.25. The molecule has 4 rings (SSSR count). The highest BCUT2D eigenvalue weighted by molar-refractivity contribution is 6.08. The second-order valence-electron chi connectivity index (χ2n) is 7.00. The molecule has 0 saturated carbocycles. The van der Waals surface area contributed by atoms with Crippen molar-refractivity contribution in [2.45, 2.75) is 0 Å². The summed E-state index contributed by atoms with van der Waals surface area (Å²) >= 11 is 0. The zero-order valence-electron chi connectivity index (χ0n) is 17.4. The molecule has 6 heteroatoms. The molecule has 6 nitrogen and oxygen atoms in total. The topological polar surface area (TPSA) is 80.3 Å². The van der Waals surface area contributed by atoms with Crippen LogP contribution < -0.4 is 15.4 Å². The first-order valence-corrected chi connectivity index (χ1v) is 10.0. The van der Waals surface area contributed by atoms with Crippen molar-refractivity contribution < 1.29 is 14.3 Å². The number of hydrogen-bond acceptors (Lipinski definition) is 4. The number of ether oxygens (including phenoxy) is 1. The number of nitrogens with zero attached hydrogens (tertiary/aromatic N) is 1. The van der Waals surface area contributed by atoms with Crippen LogP contribution in [0.15, 0.2) is 97.3 Å². The molecule has 1 aromatic heterocycles. The minimum absolute atomic E-state index is 0.268. The highest BCUT2D eigenvalue weighted by atomic mass is 16.5. The van der Waals surface area contributed by atoms with Crippen LogP contribution in [0.1, 0.15) is 20.7 Å². The maximum atomic E-state index is 12.7. The first kappa shape index (κ1) is 20.8. The van der Waals surface area contributed by atoms with E-state index in [2.05, 4.69) is 15.6 Å². The van der Waals surface area contributed by atoms with E-state index in [0.717, 1.165) is 11.1 Å². The van der Waals surface area contributed by atoms with Crippen molar-refractivity contribution >= 4 is 23.2 Å². The minimum atomic E-state index is -0.351. The number of hydrogen-bond donors (Lipinski definition) is 2. The van der Waals surface area contributed by atoms with Gasteiger partial charge in [0.05, 0.1) is 12.7 Å². The average Bonchev–Trinajstić information content (AvgIpc) is 2.85. The van der Waals surface area contributed by atoms with Crippen LogP contribution in [-0.4, -0.2) is 23.9 Å². The van der Waals surface area contributed by atoms with Crippen molar-refractivity contribution in [3.8, 4) is 16.9 Å². The summed E-state index contributed by atoms with van der Waals surface area (Å²) in [5, 5.41) is 5.64. The van der Waals surface area contributed by atoms with E-state index in [-0.39, 0.29) is 11.8 Å². The van der Waals surface area contributed by atoms with Gasteiger partial charge in [-0.3, -0.25) is 14.6 Å². The Morgan fingerprint density at radius 3 is 2.06 bits per heavy atom. The predicted octanol–water partition coefficient (Wildman–Crippen LogP) is 5.26. The quantitative estimate of drug-likeness (QED) is 0.443. The number of benzene rings is 3. The van der Waals surface area contributed by atoms with Crippen molar-refractivity contribution in [3.63, 3.8) is 0 Å². The summed E-state index contributed by atoms with van der Waals surface area (Å²) in [6, 6.07) is 25.6. The van der Waals surface area contributed by atoms with E-state index in [1.165, 1.54) is 7.11 Å². The average molecular weight is 423 g/mol. The number of methoxy groups -OCH3 is 1.